The highest BCUT2D eigenvalue weighted by molar-refractivity contribution is 7.09. The first-order valence-electron chi connectivity index (χ1n) is 6.73. The zero-order valence-electron chi connectivity index (χ0n) is 11.5. The number of ether oxygens (including phenoxy) is 2. The molecular formula is C15H12N2O4S. The van der Waals surface area contributed by atoms with Crippen LogP contribution in [0.3, 0.4) is 0 Å². The number of hydrogen-bond donors (Lipinski definition) is 1. The van der Waals surface area contributed by atoms with E-state index in [2.05, 4.69) is 4.98 Å². The lowest BCUT2D eigenvalue weighted by Crippen LogP contribution is -2.12. The summed E-state index contributed by atoms with van der Waals surface area (Å²) < 4.78 is 12.5. The van der Waals surface area contributed by atoms with E-state index in [4.69, 9.17) is 9.47 Å². The van der Waals surface area contributed by atoms with E-state index in [0.717, 1.165) is 21.7 Å². The minimum atomic E-state index is -0.899. The number of carboxylic acid groups (broad SMARTS) is 1. The van der Waals surface area contributed by atoms with E-state index in [9.17, 15) is 9.90 Å². The number of carbonyl (C=O) groups is 1. The van der Waals surface area contributed by atoms with Crippen LogP contribution in [-0.2, 0) is 17.8 Å². The van der Waals surface area contributed by atoms with Gasteiger partial charge in [0.2, 0.25) is 6.79 Å². The summed E-state index contributed by atoms with van der Waals surface area (Å²) in [6, 6.07) is 7.58. The number of aliphatic carboxylic acids is 1. The van der Waals surface area contributed by atoms with Crippen LogP contribution in [0.25, 0.3) is 11.0 Å². The summed E-state index contributed by atoms with van der Waals surface area (Å²) in [7, 11) is 0. The van der Waals surface area contributed by atoms with E-state index in [1.54, 1.807) is 28.0 Å². The van der Waals surface area contributed by atoms with E-state index in [-0.39, 0.29) is 13.3 Å². The second-order valence-corrected chi connectivity index (χ2v) is 5.99. The molecule has 3 heterocycles. The van der Waals surface area contributed by atoms with E-state index in [1.165, 1.54) is 0 Å². The van der Waals surface area contributed by atoms with Gasteiger partial charge in [-0.15, -0.1) is 11.3 Å². The number of imidazole rings is 1. The third-order valence-electron chi connectivity index (χ3n) is 3.53. The molecule has 0 amide bonds. The van der Waals surface area contributed by atoms with Crippen molar-refractivity contribution in [3.63, 3.8) is 0 Å². The lowest BCUT2D eigenvalue weighted by atomic mass is 10.2. The van der Waals surface area contributed by atoms with Gasteiger partial charge < -0.3 is 19.1 Å². The number of benzene rings is 1. The molecule has 1 aliphatic heterocycles. The first-order valence-corrected chi connectivity index (χ1v) is 7.61. The molecule has 0 bridgehead atoms. The van der Waals surface area contributed by atoms with Crippen LogP contribution >= 0.6 is 11.3 Å². The van der Waals surface area contributed by atoms with E-state index in [1.807, 2.05) is 17.5 Å². The normalized spacial score (nSPS) is 12.9. The first kappa shape index (κ1) is 13.1. The molecule has 0 saturated heterocycles. The maximum atomic E-state index is 11.2. The van der Waals surface area contributed by atoms with Gasteiger partial charge in [0.05, 0.1) is 11.0 Å². The monoisotopic (exact) mass is 316 g/mol. The third-order valence-corrected chi connectivity index (χ3v) is 4.40. The van der Waals surface area contributed by atoms with Crippen molar-refractivity contribution in [3.8, 4) is 11.5 Å². The fourth-order valence-electron chi connectivity index (χ4n) is 2.58. The van der Waals surface area contributed by atoms with Gasteiger partial charge in [-0.3, -0.25) is 4.79 Å². The van der Waals surface area contributed by atoms with Crippen molar-refractivity contribution in [1.82, 2.24) is 9.55 Å². The predicted octanol–water partition coefficient (Wildman–Crippen LogP) is 2.50. The Hall–Kier alpha value is -2.54. The molecule has 0 radical (unpaired) electrons. The fraction of sp³-hybridized carbons (Fsp3) is 0.200. The van der Waals surface area contributed by atoms with Crippen LogP contribution in [0.15, 0.2) is 29.6 Å². The van der Waals surface area contributed by atoms with Crippen LogP contribution in [0.5, 0.6) is 11.5 Å². The maximum absolute atomic E-state index is 11.2. The summed E-state index contributed by atoms with van der Waals surface area (Å²) in [5.74, 6) is 1.10. The summed E-state index contributed by atoms with van der Waals surface area (Å²) >= 11 is 1.63. The van der Waals surface area contributed by atoms with E-state index < -0.39 is 5.97 Å². The van der Waals surface area contributed by atoms with Gasteiger partial charge in [-0.25, -0.2) is 4.98 Å². The summed E-state index contributed by atoms with van der Waals surface area (Å²) in [5.41, 5.74) is 1.47. The lowest BCUT2D eigenvalue weighted by Gasteiger charge is -2.05. The van der Waals surface area contributed by atoms with Gasteiger partial charge in [-0.05, 0) is 11.4 Å². The van der Waals surface area contributed by atoms with Crippen molar-refractivity contribution in [2.75, 3.05) is 6.79 Å². The molecule has 0 atom stereocenters. The molecule has 2 aromatic heterocycles. The highest BCUT2D eigenvalue weighted by Crippen LogP contribution is 2.36. The number of fused-ring (bicyclic) bond motifs is 2. The molecule has 0 aliphatic carbocycles. The predicted molar refractivity (Wildman–Crippen MR) is 80.6 cm³/mol. The maximum Gasteiger partial charge on any atom is 0.323 e. The second-order valence-electron chi connectivity index (χ2n) is 4.96. The SMILES string of the molecule is O=C(O)Cn1c(Cc2cccs2)nc2cc3c(cc21)OCO3. The standard InChI is InChI=1S/C15H12N2O4S/c18-15(19)7-17-11-6-13-12(20-8-21-13)5-10(11)16-14(17)4-9-2-1-3-22-9/h1-3,5-6H,4,7-8H2,(H,18,19). The van der Waals surface area contributed by atoms with Gasteiger partial charge in [0.15, 0.2) is 11.5 Å². The number of aromatic nitrogens is 2. The fourth-order valence-corrected chi connectivity index (χ4v) is 3.28. The molecule has 3 aromatic rings. The Morgan fingerprint density at radius 1 is 1.36 bits per heavy atom. The zero-order valence-corrected chi connectivity index (χ0v) is 12.3. The summed E-state index contributed by atoms with van der Waals surface area (Å²) in [6.45, 7) is 0.0553. The Balaban J connectivity index is 1.85. The quantitative estimate of drug-likeness (QED) is 0.800. The number of rotatable bonds is 4. The molecule has 0 fully saturated rings. The number of nitrogens with zero attached hydrogens (tertiary/aromatic N) is 2. The highest BCUT2D eigenvalue weighted by atomic mass is 32.1. The summed E-state index contributed by atoms with van der Waals surface area (Å²) in [6.07, 6.45) is 0.603. The second kappa shape index (κ2) is 5.03. The van der Waals surface area contributed by atoms with Gasteiger partial charge in [-0.2, -0.15) is 0 Å². The molecule has 22 heavy (non-hydrogen) atoms. The minimum Gasteiger partial charge on any atom is -0.480 e. The largest absolute Gasteiger partial charge is 0.480 e. The lowest BCUT2D eigenvalue weighted by molar-refractivity contribution is -0.137. The van der Waals surface area contributed by atoms with E-state index >= 15 is 0 Å². The Morgan fingerprint density at radius 2 is 2.18 bits per heavy atom. The molecule has 0 saturated carbocycles. The van der Waals surface area contributed by atoms with Crippen LogP contribution in [0.4, 0.5) is 0 Å². The third kappa shape index (κ3) is 2.19. The number of hydrogen-bond acceptors (Lipinski definition) is 5. The average Bonchev–Trinajstić information content (AvgIpc) is 3.18. The van der Waals surface area contributed by atoms with Crippen molar-refractivity contribution in [2.45, 2.75) is 13.0 Å². The van der Waals surface area contributed by atoms with Crippen LogP contribution in [-0.4, -0.2) is 27.4 Å². The molecule has 1 aliphatic rings. The van der Waals surface area contributed by atoms with Crippen molar-refractivity contribution in [2.24, 2.45) is 0 Å². The minimum absolute atomic E-state index is 0.128. The molecule has 6 nitrogen and oxygen atoms in total. The molecular weight excluding hydrogens is 304 g/mol. The van der Waals surface area contributed by atoms with Crippen LogP contribution in [0.1, 0.15) is 10.7 Å². The van der Waals surface area contributed by atoms with Gasteiger partial charge in [0, 0.05) is 23.4 Å². The number of thiophene rings is 1. The van der Waals surface area contributed by atoms with Crippen LogP contribution in [0.2, 0.25) is 0 Å². The molecule has 1 aromatic carbocycles. The molecule has 0 spiro atoms. The van der Waals surface area contributed by atoms with E-state index in [0.29, 0.717) is 17.9 Å². The zero-order chi connectivity index (χ0) is 15.1. The van der Waals surface area contributed by atoms with Crippen molar-refractivity contribution < 1.29 is 19.4 Å². The van der Waals surface area contributed by atoms with Gasteiger partial charge in [0.25, 0.3) is 0 Å². The molecule has 0 unspecified atom stereocenters. The Morgan fingerprint density at radius 3 is 2.91 bits per heavy atom. The molecule has 1 N–H and O–H groups in total. The molecule has 7 heteroatoms. The van der Waals surface area contributed by atoms with Gasteiger partial charge in [-0.1, -0.05) is 6.07 Å². The number of carboxylic acids is 1. The van der Waals surface area contributed by atoms with Gasteiger partial charge >= 0.3 is 5.97 Å². The van der Waals surface area contributed by atoms with Gasteiger partial charge in [0.1, 0.15) is 12.4 Å². The molecule has 112 valence electrons. The highest BCUT2D eigenvalue weighted by Gasteiger charge is 2.20. The summed E-state index contributed by atoms with van der Waals surface area (Å²) in [4.78, 5) is 16.9. The van der Waals surface area contributed by atoms with Crippen LogP contribution < -0.4 is 9.47 Å². The van der Waals surface area contributed by atoms with Crippen LogP contribution in [0, 0.1) is 0 Å². The Labute approximate surface area is 129 Å². The Kier molecular flexibility index (Phi) is 3.00. The molecule has 4 rings (SSSR count). The smallest absolute Gasteiger partial charge is 0.323 e. The van der Waals surface area contributed by atoms with Crippen molar-refractivity contribution >= 4 is 28.3 Å². The topological polar surface area (TPSA) is 73.6 Å². The first-order chi connectivity index (χ1) is 10.7. The summed E-state index contributed by atoms with van der Waals surface area (Å²) in [5, 5.41) is 11.2. The average molecular weight is 316 g/mol. The van der Waals surface area contributed by atoms with Crippen molar-refractivity contribution in [3.05, 3.63) is 40.3 Å². The Bertz CT molecular complexity index is 854. The van der Waals surface area contributed by atoms with Crippen molar-refractivity contribution in [1.29, 1.82) is 0 Å².